The van der Waals surface area contributed by atoms with E-state index in [9.17, 15) is 9.59 Å². The molecule has 1 aliphatic heterocycles. The molecule has 1 atom stereocenters. The van der Waals surface area contributed by atoms with E-state index in [2.05, 4.69) is 10.6 Å². The van der Waals surface area contributed by atoms with E-state index in [4.69, 9.17) is 0 Å². The first-order valence-corrected chi connectivity index (χ1v) is 6.95. The van der Waals surface area contributed by atoms with Gasteiger partial charge in [0, 0.05) is 31.7 Å². The summed E-state index contributed by atoms with van der Waals surface area (Å²) in [6.45, 7) is 6.69. The molecule has 1 aliphatic rings. The molecule has 1 heterocycles. The van der Waals surface area contributed by atoms with Gasteiger partial charge in [0.05, 0.1) is 0 Å². The lowest BCUT2D eigenvalue weighted by Gasteiger charge is -2.30. The van der Waals surface area contributed by atoms with Gasteiger partial charge in [-0.05, 0) is 26.0 Å². The van der Waals surface area contributed by atoms with Crippen molar-refractivity contribution in [2.24, 2.45) is 0 Å². The van der Waals surface area contributed by atoms with Crippen LogP contribution >= 0.6 is 12.4 Å². The zero-order chi connectivity index (χ0) is 14.5. The molecule has 2 N–H and O–H groups in total. The molecule has 1 saturated heterocycles. The number of carbonyl (C=O) groups is 2. The van der Waals surface area contributed by atoms with Crippen molar-refractivity contribution < 1.29 is 9.59 Å². The number of benzene rings is 1. The summed E-state index contributed by atoms with van der Waals surface area (Å²) in [5.74, 6) is -0.225. The van der Waals surface area contributed by atoms with Crippen LogP contribution in [0, 0.1) is 6.92 Å². The van der Waals surface area contributed by atoms with Crippen molar-refractivity contribution in [2.45, 2.75) is 19.9 Å². The lowest BCUT2D eigenvalue weighted by molar-refractivity contribution is -0.133. The summed E-state index contributed by atoms with van der Waals surface area (Å²) in [6.07, 6.45) is 0. The van der Waals surface area contributed by atoms with Gasteiger partial charge in [-0.25, -0.2) is 0 Å². The zero-order valence-electron chi connectivity index (χ0n) is 12.4. The molecule has 1 aromatic rings. The Hall–Kier alpha value is -1.59. The summed E-state index contributed by atoms with van der Waals surface area (Å²) >= 11 is 0. The van der Waals surface area contributed by atoms with Crippen LogP contribution in [0.15, 0.2) is 24.3 Å². The second-order valence-electron chi connectivity index (χ2n) is 5.14. The van der Waals surface area contributed by atoms with Crippen LogP contribution in [0.1, 0.15) is 22.8 Å². The molecule has 2 amide bonds. The molecule has 1 aromatic carbocycles. The molecule has 1 unspecified atom stereocenters. The largest absolute Gasteiger partial charge is 0.341 e. The minimum atomic E-state index is -0.499. The minimum Gasteiger partial charge on any atom is -0.341 e. The molecule has 0 radical (unpaired) electrons. The Kier molecular flexibility index (Phi) is 6.65. The highest BCUT2D eigenvalue weighted by molar-refractivity contribution is 5.97. The number of piperazine rings is 1. The van der Waals surface area contributed by atoms with E-state index in [0.29, 0.717) is 18.7 Å². The molecule has 0 bridgehead atoms. The molecule has 2 rings (SSSR count). The summed E-state index contributed by atoms with van der Waals surface area (Å²) in [5, 5.41) is 5.97. The molecule has 0 aromatic heterocycles. The molecule has 0 aliphatic carbocycles. The number of nitrogens with zero attached hydrogens (tertiary/aromatic N) is 1. The van der Waals surface area contributed by atoms with Gasteiger partial charge in [-0.2, -0.15) is 0 Å². The van der Waals surface area contributed by atoms with E-state index < -0.39 is 6.04 Å². The van der Waals surface area contributed by atoms with Gasteiger partial charge in [-0.15, -0.1) is 12.4 Å². The molecule has 0 spiro atoms. The molecule has 6 heteroatoms. The summed E-state index contributed by atoms with van der Waals surface area (Å²) in [7, 11) is 0. The van der Waals surface area contributed by atoms with E-state index in [0.717, 1.165) is 18.7 Å². The molecular formula is C15H22ClN3O2. The summed E-state index contributed by atoms with van der Waals surface area (Å²) in [4.78, 5) is 26.1. The third-order valence-corrected chi connectivity index (χ3v) is 3.43. The SMILES string of the molecule is Cc1cccc(C(=O)NC(C)C(=O)N2CCNCC2)c1.Cl. The van der Waals surface area contributed by atoms with E-state index in [1.165, 1.54) is 0 Å². The highest BCUT2D eigenvalue weighted by Gasteiger charge is 2.23. The quantitative estimate of drug-likeness (QED) is 0.874. The van der Waals surface area contributed by atoms with E-state index in [1.807, 2.05) is 25.1 Å². The number of carbonyl (C=O) groups excluding carboxylic acids is 2. The second-order valence-corrected chi connectivity index (χ2v) is 5.14. The van der Waals surface area contributed by atoms with Gasteiger partial charge in [0.25, 0.3) is 5.91 Å². The Morgan fingerprint density at radius 3 is 2.57 bits per heavy atom. The smallest absolute Gasteiger partial charge is 0.251 e. The molecule has 5 nitrogen and oxygen atoms in total. The first-order valence-electron chi connectivity index (χ1n) is 6.95. The zero-order valence-corrected chi connectivity index (χ0v) is 13.2. The van der Waals surface area contributed by atoms with Gasteiger partial charge in [0.15, 0.2) is 0 Å². The Labute approximate surface area is 131 Å². The molecule has 116 valence electrons. The predicted octanol–water partition coefficient (Wildman–Crippen LogP) is 0.967. The number of aryl methyl sites for hydroxylation is 1. The molecule has 0 saturated carbocycles. The van der Waals surface area contributed by atoms with Crippen LogP contribution in [0.5, 0.6) is 0 Å². The van der Waals surface area contributed by atoms with Crippen LogP contribution in [-0.2, 0) is 4.79 Å². The number of hydrogen-bond acceptors (Lipinski definition) is 3. The monoisotopic (exact) mass is 311 g/mol. The van der Waals surface area contributed by atoms with Crippen LogP contribution in [0.3, 0.4) is 0 Å². The highest BCUT2D eigenvalue weighted by Crippen LogP contribution is 2.05. The number of halogens is 1. The maximum absolute atomic E-state index is 12.2. The average Bonchev–Trinajstić information content (AvgIpc) is 2.47. The predicted molar refractivity (Wildman–Crippen MR) is 84.8 cm³/mol. The minimum absolute atomic E-state index is 0. The number of nitrogens with one attached hydrogen (secondary N) is 2. The summed E-state index contributed by atoms with van der Waals surface area (Å²) in [5.41, 5.74) is 1.61. The van der Waals surface area contributed by atoms with E-state index in [1.54, 1.807) is 17.9 Å². The van der Waals surface area contributed by atoms with Crippen molar-refractivity contribution in [1.29, 1.82) is 0 Å². The molecular weight excluding hydrogens is 290 g/mol. The van der Waals surface area contributed by atoms with Crippen LogP contribution in [-0.4, -0.2) is 48.9 Å². The van der Waals surface area contributed by atoms with E-state index >= 15 is 0 Å². The third kappa shape index (κ3) is 4.72. The summed E-state index contributed by atoms with van der Waals surface area (Å²) in [6, 6.07) is 6.85. The molecule has 1 fully saturated rings. The highest BCUT2D eigenvalue weighted by atomic mass is 35.5. The Balaban J connectivity index is 0.00000220. The van der Waals surface area contributed by atoms with Crippen molar-refractivity contribution in [3.05, 3.63) is 35.4 Å². The Bertz CT molecular complexity index is 501. The van der Waals surface area contributed by atoms with Crippen LogP contribution in [0.25, 0.3) is 0 Å². The van der Waals surface area contributed by atoms with Crippen molar-refractivity contribution in [2.75, 3.05) is 26.2 Å². The van der Waals surface area contributed by atoms with E-state index in [-0.39, 0.29) is 24.2 Å². The lowest BCUT2D eigenvalue weighted by atomic mass is 10.1. The fraction of sp³-hybridized carbons (Fsp3) is 0.467. The lowest BCUT2D eigenvalue weighted by Crippen LogP contribution is -2.53. The van der Waals surface area contributed by atoms with Gasteiger partial charge >= 0.3 is 0 Å². The maximum Gasteiger partial charge on any atom is 0.251 e. The number of rotatable bonds is 3. The first kappa shape index (κ1) is 17.5. The van der Waals surface area contributed by atoms with Gasteiger partial charge in [-0.3, -0.25) is 9.59 Å². The summed E-state index contributed by atoms with van der Waals surface area (Å²) < 4.78 is 0. The third-order valence-electron chi connectivity index (χ3n) is 3.43. The van der Waals surface area contributed by atoms with Crippen LogP contribution in [0.2, 0.25) is 0 Å². The topological polar surface area (TPSA) is 61.4 Å². The first-order chi connectivity index (χ1) is 9.58. The molecule has 21 heavy (non-hydrogen) atoms. The normalized spacial score (nSPS) is 15.8. The fourth-order valence-corrected chi connectivity index (χ4v) is 2.29. The van der Waals surface area contributed by atoms with Gasteiger partial charge in [-0.1, -0.05) is 17.7 Å². The Morgan fingerprint density at radius 2 is 1.95 bits per heavy atom. The average molecular weight is 312 g/mol. The Morgan fingerprint density at radius 1 is 1.29 bits per heavy atom. The standard InChI is InChI=1S/C15H21N3O2.ClH/c1-11-4-3-5-13(10-11)14(19)17-12(2)15(20)18-8-6-16-7-9-18;/h3-5,10,12,16H,6-9H2,1-2H3,(H,17,19);1H. The van der Waals surface area contributed by atoms with Crippen molar-refractivity contribution in [1.82, 2.24) is 15.5 Å². The fourth-order valence-electron chi connectivity index (χ4n) is 2.29. The van der Waals surface area contributed by atoms with Gasteiger partial charge < -0.3 is 15.5 Å². The number of hydrogen-bond donors (Lipinski definition) is 2. The van der Waals surface area contributed by atoms with Crippen LogP contribution in [0.4, 0.5) is 0 Å². The number of amides is 2. The maximum atomic E-state index is 12.2. The van der Waals surface area contributed by atoms with Crippen molar-refractivity contribution >= 4 is 24.2 Å². The van der Waals surface area contributed by atoms with Gasteiger partial charge in [0.1, 0.15) is 6.04 Å². The van der Waals surface area contributed by atoms with Crippen molar-refractivity contribution in [3.63, 3.8) is 0 Å². The van der Waals surface area contributed by atoms with Gasteiger partial charge in [0.2, 0.25) is 5.91 Å². The van der Waals surface area contributed by atoms with Crippen LogP contribution < -0.4 is 10.6 Å². The second kappa shape index (κ2) is 8.00. The van der Waals surface area contributed by atoms with Crippen molar-refractivity contribution in [3.8, 4) is 0 Å².